The van der Waals surface area contributed by atoms with E-state index in [2.05, 4.69) is 16.8 Å². The third-order valence-electron chi connectivity index (χ3n) is 6.87. The average Bonchev–Trinajstić information content (AvgIpc) is 2.78. The highest BCUT2D eigenvalue weighted by Gasteiger charge is 2.30. The second-order valence-electron chi connectivity index (χ2n) is 8.76. The zero-order valence-corrected chi connectivity index (χ0v) is 17.8. The summed E-state index contributed by atoms with van der Waals surface area (Å²) in [5.74, 6) is 1.62. The van der Waals surface area contributed by atoms with E-state index in [1.807, 2.05) is 16.0 Å². The highest BCUT2D eigenvalue weighted by atomic mass is 16.2. The van der Waals surface area contributed by atoms with E-state index in [0.29, 0.717) is 12.5 Å². The average molecular weight is 400 g/mol. The maximum Gasteiger partial charge on any atom is 0.239 e. The number of hydrogen-bond donors (Lipinski definition) is 0. The van der Waals surface area contributed by atoms with Crippen molar-refractivity contribution in [3.8, 4) is 0 Å². The molecule has 7 heteroatoms. The number of piperidine rings is 2. The van der Waals surface area contributed by atoms with Crippen LogP contribution in [0.1, 0.15) is 69.0 Å². The fourth-order valence-electron chi connectivity index (χ4n) is 4.90. The first-order valence-electron chi connectivity index (χ1n) is 11.2. The summed E-state index contributed by atoms with van der Waals surface area (Å²) in [5, 5.41) is 0. The molecule has 4 heterocycles. The van der Waals surface area contributed by atoms with Crippen LogP contribution in [0.5, 0.6) is 0 Å². The number of fused-ring (bicyclic) bond motifs is 1. The fourth-order valence-corrected chi connectivity index (χ4v) is 4.90. The predicted molar refractivity (Wildman–Crippen MR) is 110 cm³/mol. The maximum atomic E-state index is 13.0. The lowest BCUT2D eigenvalue weighted by molar-refractivity contribution is -0.137. The van der Waals surface area contributed by atoms with Crippen molar-refractivity contribution >= 4 is 11.8 Å². The smallest absolute Gasteiger partial charge is 0.239 e. The molecular formula is C22H33N5O2. The molecule has 29 heavy (non-hydrogen) atoms. The van der Waals surface area contributed by atoms with Gasteiger partial charge in [-0.25, -0.2) is 9.97 Å². The third kappa shape index (κ3) is 4.44. The van der Waals surface area contributed by atoms with Crippen LogP contribution in [0.3, 0.4) is 0 Å². The van der Waals surface area contributed by atoms with Gasteiger partial charge in [-0.2, -0.15) is 0 Å². The van der Waals surface area contributed by atoms with Gasteiger partial charge in [-0.3, -0.25) is 14.5 Å². The monoisotopic (exact) mass is 399 g/mol. The summed E-state index contributed by atoms with van der Waals surface area (Å²) in [7, 11) is 0. The molecule has 1 unspecified atom stereocenters. The van der Waals surface area contributed by atoms with Gasteiger partial charge < -0.3 is 9.80 Å². The normalized spacial score (nSPS) is 22.3. The van der Waals surface area contributed by atoms with Crippen molar-refractivity contribution in [1.82, 2.24) is 24.7 Å². The van der Waals surface area contributed by atoms with Crippen molar-refractivity contribution < 1.29 is 9.59 Å². The van der Waals surface area contributed by atoms with Crippen LogP contribution in [0.4, 0.5) is 0 Å². The summed E-state index contributed by atoms with van der Waals surface area (Å²) in [6.45, 7) is 8.69. The quantitative estimate of drug-likeness (QED) is 0.777. The molecular weight excluding hydrogens is 366 g/mol. The van der Waals surface area contributed by atoms with Crippen molar-refractivity contribution in [2.24, 2.45) is 0 Å². The lowest BCUT2D eigenvalue weighted by Gasteiger charge is -2.36. The molecule has 1 atom stereocenters. The minimum Gasteiger partial charge on any atom is -0.343 e. The molecule has 0 aliphatic carbocycles. The lowest BCUT2D eigenvalue weighted by atomic mass is 9.95. The summed E-state index contributed by atoms with van der Waals surface area (Å²) in [6, 6.07) is -0.0384. The number of nitrogens with zero attached hydrogens (tertiary/aromatic N) is 5. The molecule has 2 saturated heterocycles. The summed E-state index contributed by atoms with van der Waals surface area (Å²) in [5.41, 5.74) is 2.18. The first-order chi connectivity index (χ1) is 14.0. The second kappa shape index (κ2) is 8.78. The Bertz CT molecular complexity index is 754. The van der Waals surface area contributed by atoms with Gasteiger partial charge in [-0.05, 0) is 45.7 Å². The van der Waals surface area contributed by atoms with Crippen LogP contribution < -0.4 is 0 Å². The minimum atomic E-state index is -0.0384. The molecule has 158 valence electrons. The third-order valence-corrected chi connectivity index (χ3v) is 6.87. The van der Waals surface area contributed by atoms with Crippen LogP contribution >= 0.6 is 0 Å². The standard InChI is InChI=1S/C22H33N5O2/c1-16(25-9-4-3-5-10-25)22(29)27-13-8-20-19(15-27)14-23-21(24-20)18-6-11-26(12-7-18)17(2)28/h14,16,18H,3-13,15H2,1-2H3. The van der Waals surface area contributed by atoms with Crippen LogP contribution in [-0.4, -0.2) is 75.2 Å². The van der Waals surface area contributed by atoms with Gasteiger partial charge in [-0.15, -0.1) is 0 Å². The van der Waals surface area contributed by atoms with Crippen molar-refractivity contribution in [2.75, 3.05) is 32.7 Å². The van der Waals surface area contributed by atoms with E-state index >= 15 is 0 Å². The molecule has 0 N–H and O–H groups in total. The number of amides is 2. The molecule has 3 aliphatic rings. The van der Waals surface area contributed by atoms with Gasteiger partial charge in [0.15, 0.2) is 0 Å². The van der Waals surface area contributed by atoms with E-state index in [-0.39, 0.29) is 17.9 Å². The SMILES string of the molecule is CC(=O)N1CCC(c2ncc3c(n2)CCN(C(=O)C(C)N2CCCCC2)C3)CC1. The zero-order valence-electron chi connectivity index (χ0n) is 17.8. The highest BCUT2D eigenvalue weighted by Crippen LogP contribution is 2.27. The van der Waals surface area contributed by atoms with Gasteiger partial charge in [0.2, 0.25) is 11.8 Å². The molecule has 0 aromatic carbocycles. The van der Waals surface area contributed by atoms with Gasteiger partial charge >= 0.3 is 0 Å². The van der Waals surface area contributed by atoms with Crippen molar-refractivity contribution in [2.45, 2.75) is 70.9 Å². The first kappa shape index (κ1) is 20.3. The Hall–Kier alpha value is -2.02. The molecule has 4 rings (SSSR count). The molecule has 2 amide bonds. The van der Waals surface area contributed by atoms with Gasteiger partial charge in [0.25, 0.3) is 0 Å². The van der Waals surface area contributed by atoms with E-state index in [4.69, 9.17) is 4.98 Å². The van der Waals surface area contributed by atoms with Crippen LogP contribution in [0.2, 0.25) is 0 Å². The Balaban J connectivity index is 1.38. The Kier molecular flexibility index (Phi) is 6.13. The number of rotatable bonds is 3. The maximum absolute atomic E-state index is 13.0. The molecule has 3 aliphatic heterocycles. The van der Waals surface area contributed by atoms with Crippen molar-refractivity contribution in [3.63, 3.8) is 0 Å². The number of carbonyl (C=O) groups excluding carboxylic acids is 2. The van der Waals surface area contributed by atoms with Gasteiger partial charge in [0.1, 0.15) is 5.82 Å². The summed E-state index contributed by atoms with van der Waals surface area (Å²) in [4.78, 5) is 40.3. The summed E-state index contributed by atoms with van der Waals surface area (Å²) in [6.07, 6.45) is 8.26. The van der Waals surface area contributed by atoms with Gasteiger partial charge in [-0.1, -0.05) is 6.42 Å². The molecule has 2 fully saturated rings. The Labute approximate surface area is 173 Å². The Morgan fingerprint density at radius 2 is 1.76 bits per heavy atom. The Morgan fingerprint density at radius 3 is 2.45 bits per heavy atom. The number of likely N-dealkylation sites (tertiary alicyclic amines) is 2. The van der Waals surface area contributed by atoms with E-state index in [9.17, 15) is 9.59 Å². The number of aromatic nitrogens is 2. The van der Waals surface area contributed by atoms with Crippen LogP contribution in [0, 0.1) is 0 Å². The number of hydrogen-bond acceptors (Lipinski definition) is 5. The van der Waals surface area contributed by atoms with Crippen LogP contribution in [0.15, 0.2) is 6.20 Å². The van der Waals surface area contributed by atoms with E-state index in [0.717, 1.165) is 69.1 Å². The van der Waals surface area contributed by atoms with Gasteiger partial charge in [0.05, 0.1) is 11.7 Å². The van der Waals surface area contributed by atoms with E-state index < -0.39 is 0 Å². The predicted octanol–water partition coefficient (Wildman–Crippen LogP) is 1.96. The molecule has 1 aromatic heterocycles. The zero-order chi connectivity index (χ0) is 20.4. The molecule has 1 aromatic rings. The molecule has 0 saturated carbocycles. The molecule has 0 spiro atoms. The first-order valence-corrected chi connectivity index (χ1v) is 11.2. The lowest BCUT2D eigenvalue weighted by Crippen LogP contribution is -2.50. The van der Waals surface area contributed by atoms with Crippen LogP contribution in [-0.2, 0) is 22.6 Å². The van der Waals surface area contributed by atoms with E-state index in [1.165, 1.54) is 19.3 Å². The molecule has 7 nitrogen and oxygen atoms in total. The minimum absolute atomic E-state index is 0.0384. The van der Waals surface area contributed by atoms with Crippen molar-refractivity contribution in [3.05, 3.63) is 23.3 Å². The summed E-state index contributed by atoms with van der Waals surface area (Å²) < 4.78 is 0. The Morgan fingerprint density at radius 1 is 1.03 bits per heavy atom. The second-order valence-corrected chi connectivity index (χ2v) is 8.76. The van der Waals surface area contributed by atoms with Crippen molar-refractivity contribution in [1.29, 1.82) is 0 Å². The van der Waals surface area contributed by atoms with Gasteiger partial charge in [0, 0.05) is 57.2 Å². The number of carbonyl (C=O) groups is 2. The summed E-state index contributed by atoms with van der Waals surface area (Å²) >= 11 is 0. The molecule has 0 bridgehead atoms. The highest BCUT2D eigenvalue weighted by molar-refractivity contribution is 5.81. The topological polar surface area (TPSA) is 69.6 Å². The van der Waals surface area contributed by atoms with Crippen LogP contribution in [0.25, 0.3) is 0 Å². The fraction of sp³-hybridized carbons (Fsp3) is 0.727. The largest absolute Gasteiger partial charge is 0.343 e. The van der Waals surface area contributed by atoms with E-state index in [1.54, 1.807) is 6.92 Å². The molecule has 0 radical (unpaired) electrons.